The Bertz CT molecular complexity index is 1180. The maximum absolute atomic E-state index is 12.3. The number of carbonyl (C=O) groups is 2. The van der Waals surface area contributed by atoms with Gasteiger partial charge in [0.25, 0.3) is 0 Å². The van der Waals surface area contributed by atoms with E-state index in [4.69, 9.17) is 19.0 Å². The second-order valence-corrected chi connectivity index (χ2v) is 11.7. The van der Waals surface area contributed by atoms with Crippen LogP contribution in [0.3, 0.4) is 0 Å². The second kappa shape index (κ2) is 11.4. The molecule has 210 valence electrons. The number of benzene rings is 1. The molecule has 4 aliphatic rings. The summed E-state index contributed by atoms with van der Waals surface area (Å²) in [6.07, 6.45) is 10.5. The average molecular weight is 536 g/mol. The fourth-order valence-electron chi connectivity index (χ4n) is 8.21. The third-order valence-corrected chi connectivity index (χ3v) is 9.96. The van der Waals surface area contributed by atoms with Crippen molar-refractivity contribution in [2.45, 2.75) is 76.7 Å². The first-order valence-electron chi connectivity index (χ1n) is 14.3. The lowest BCUT2D eigenvalue weighted by Crippen LogP contribution is -2.61. The molecule has 0 bridgehead atoms. The van der Waals surface area contributed by atoms with Crippen molar-refractivity contribution >= 4 is 18.2 Å². The Labute approximate surface area is 231 Å². The minimum Gasteiger partial charge on any atom is -0.433 e. The maximum atomic E-state index is 12.3. The van der Waals surface area contributed by atoms with Crippen LogP contribution in [0.25, 0.3) is 0 Å². The number of hydrogen-bond donors (Lipinski definition) is 0. The Morgan fingerprint density at radius 3 is 2.64 bits per heavy atom. The van der Waals surface area contributed by atoms with Crippen molar-refractivity contribution in [3.8, 4) is 0 Å². The van der Waals surface area contributed by atoms with Gasteiger partial charge in [-0.3, -0.25) is 9.63 Å². The highest BCUT2D eigenvalue weighted by molar-refractivity contribution is 5.93. The van der Waals surface area contributed by atoms with Gasteiger partial charge in [-0.25, -0.2) is 4.79 Å². The highest BCUT2D eigenvalue weighted by atomic mass is 16.8. The van der Waals surface area contributed by atoms with E-state index in [1.54, 1.807) is 19.6 Å². The van der Waals surface area contributed by atoms with Gasteiger partial charge in [0.15, 0.2) is 5.78 Å². The molecule has 2 unspecified atom stereocenters. The zero-order valence-corrected chi connectivity index (χ0v) is 23.7. The number of allylic oxidation sites excluding steroid dienone is 4. The smallest absolute Gasteiger partial charge is 0.433 e. The van der Waals surface area contributed by atoms with Crippen LogP contribution in [0, 0.1) is 17.3 Å². The lowest BCUT2D eigenvalue weighted by atomic mass is 9.45. The van der Waals surface area contributed by atoms with Crippen LogP contribution in [0.2, 0.25) is 0 Å². The average Bonchev–Trinajstić information content (AvgIpc) is 2.93. The van der Waals surface area contributed by atoms with Gasteiger partial charge in [-0.05, 0) is 85.6 Å². The lowest BCUT2D eigenvalue weighted by molar-refractivity contribution is -0.203. The van der Waals surface area contributed by atoms with Crippen LogP contribution in [0.5, 0.6) is 0 Å². The van der Waals surface area contributed by atoms with Crippen LogP contribution >= 0.6 is 0 Å². The summed E-state index contributed by atoms with van der Waals surface area (Å²) in [5, 5.41) is 3.77. The van der Waals surface area contributed by atoms with Crippen molar-refractivity contribution in [2.75, 3.05) is 27.4 Å². The van der Waals surface area contributed by atoms with E-state index >= 15 is 0 Å². The molecule has 0 aromatic heterocycles. The molecule has 7 heteroatoms. The van der Waals surface area contributed by atoms with E-state index in [1.807, 2.05) is 25.3 Å². The van der Waals surface area contributed by atoms with Crippen molar-refractivity contribution in [3.05, 3.63) is 58.2 Å². The Morgan fingerprint density at radius 1 is 1.13 bits per heavy atom. The largest absolute Gasteiger partial charge is 0.535 e. The minimum atomic E-state index is -0.813. The highest BCUT2D eigenvalue weighted by Gasteiger charge is 2.61. The Morgan fingerprint density at radius 2 is 1.92 bits per heavy atom. The van der Waals surface area contributed by atoms with E-state index in [0.29, 0.717) is 24.9 Å². The summed E-state index contributed by atoms with van der Waals surface area (Å²) in [7, 11) is 3.64. The van der Waals surface area contributed by atoms with E-state index in [-0.39, 0.29) is 29.3 Å². The molecule has 39 heavy (non-hydrogen) atoms. The van der Waals surface area contributed by atoms with Crippen LogP contribution < -0.4 is 0 Å². The first-order chi connectivity index (χ1) is 18.9. The molecule has 0 radical (unpaired) electrons. The third-order valence-electron chi connectivity index (χ3n) is 9.96. The van der Waals surface area contributed by atoms with Crippen LogP contribution in [-0.2, 0) is 23.8 Å². The number of oxime groups is 1. The molecule has 2 saturated carbocycles. The van der Waals surface area contributed by atoms with Gasteiger partial charge in [-0.15, -0.1) is 0 Å². The van der Waals surface area contributed by atoms with E-state index in [9.17, 15) is 9.59 Å². The molecule has 2 fully saturated rings. The van der Waals surface area contributed by atoms with Crippen molar-refractivity contribution in [3.63, 3.8) is 0 Å². The summed E-state index contributed by atoms with van der Waals surface area (Å²) in [4.78, 5) is 28.5. The summed E-state index contributed by atoms with van der Waals surface area (Å²) >= 11 is 0. The molecule has 5 rings (SSSR count). The van der Waals surface area contributed by atoms with Gasteiger partial charge in [0.05, 0.1) is 25.0 Å². The van der Waals surface area contributed by atoms with Crippen LogP contribution in [0.4, 0.5) is 4.79 Å². The molecule has 0 heterocycles. The Balaban J connectivity index is 1.54. The van der Waals surface area contributed by atoms with Crippen LogP contribution in [0.15, 0.2) is 52.2 Å². The summed E-state index contributed by atoms with van der Waals surface area (Å²) < 4.78 is 17.0. The van der Waals surface area contributed by atoms with Crippen molar-refractivity contribution < 1.29 is 28.6 Å². The predicted molar refractivity (Wildman–Crippen MR) is 149 cm³/mol. The fraction of sp³-hybridized carbons (Fsp3) is 0.594. The number of ketones is 1. The number of carbonyl (C=O) groups excluding carboxylic acids is 2. The predicted octanol–water partition coefficient (Wildman–Crippen LogP) is 6.51. The van der Waals surface area contributed by atoms with Crippen molar-refractivity contribution in [1.82, 2.24) is 0 Å². The summed E-state index contributed by atoms with van der Waals surface area (Å²) in [6.45, 7) is 4.99. The molecule has 0 N–H and O–H groups in total. The molecule has 0 amide bonds. The molecule has 0 spiro atoms. The number of methoxy groups -OCH3 is 2. The first-order valence-corrected chi connectivity index (χ1v) is 14.3. The van der Waals surface area contributed by atoms with E-state index in [1.165, 1.54) is 29.3 Å². The molecular formula is C32H41NO6. The standard InChI is InChI=1S/C32H41NO6/c1-5-38-30(35)39-33-19-21-8-10-22(11-9-21)27-18-31(2)28(7-6-16-32(31,37-4)20-36-3)26-14-12-23-17-24(34)13-15-25(23)29(26)27/h8-11,17,19,26-28H,5-7,12-16,18,20H2,1-4H3/b33-19+/t26?,27-,28?,31+,32-/m1/s1. The van der Waals surface area contributed by atoms with Gasteiger partial charge in [0.1, 0.15) is 0 Å². The second-order valence-electron chi connectivity index (χ2n) is 11.7. The molecule has 1 aromatic rings. The van der Waals surface area contributed by atoms with Gasteiger partial charge in [0, 0.05) is 32.0 Å². The van der Waals surface area contributed by atoms with Gasteiger partial charge < -0.3 is 14.2 Å². The van der Waals surface area contributed by atoms with E-state index in [2.05, 4.69) is 24.2 Å². The lowest BCUT2D eigenvalue weighted by Gasteiger charge is -2.62. The molecule has 4 aliphatic carbocycles. The molecule has 1 aromatic carbocycles. The van der Waals surface area contributed by atoms with Crippen LogP contribution in [0.1, 0.15) is 82.3 Å². The molecular weight excluding hydrogens is 494 g/mol. The van der Waals surface area contributed by atoms with Crippen molar-refractivity contribution in [1.29, 1.82) is 0 Å². The van der Waals surface area contributed by atoms with E-state index in [0.717, 1.165) is 44.1 Å². The van der Waals surface area contributed by atoms with Gasteiger partial charge in [-0.2, -0.15) is 0 Å². The monoisotopic (exact) mass is 535 g/mol. The quantitative estimate of drug-likeness (QED) is 0.171. The number of fused-ring (bicyclic) bond motifs is 4. The summed E-state index contributed by atoms with van der Waals surface area (Å²) in [5.41, 5.74) is 5.98. The van der Waals surface area contributed by atoms with Crippen LogP contribution in [-0.4, -0.2) is 51.2 Å². The normalized spacial score (nSPS) is 32.3. The third kappa shape index (κ3) is 5.00. The summed E-state index contributed by atoms with van der Waals surface area (Å²) in [5.74, 6) is 1.48. The zero-order valence-electron chi connectivity index (χ0n) is 23.7. The van der Waals surface area contributed by atoms with E-state index < -0.39 is 6.16 Å². The molecule has 5 atom stereocenters. The molecule has 0 saturated heterocycles. The van der Waals surface area contributed by atoms with Gasteiger partial charge >= 0.3 is 6.16 Å². The summed E-state index contributed by atoms with van der Waals surface area (Å²) in [6, 6.07) is 8.38. The Hall–Kier alpha value is -2.77. The highest BCUT2D eigenvalue weighted by Crippen LogP contribution is 2.66. The number of hydrogen-bond acceptors (Lipinski definition) is 7. The van der Waals surface area contributed by atoms with Crippen molar-refractivity contribution in [2.24, 2.45) is 22.4 Å². The number of rotatable bonds is 7. The topological polar surface area (TPSA) is 83.4 Å². The first kappa shape index (κ1) is 27.8. The SMILES string of the molecule is CCOC(=O)O/N=C/c1ccc([C@H]2C[C@@]3(C)C(CCC[C@]3(COC)OC)C3CCC4=CC(=O)CCC4=C32)cc1. The maximum Gasteiger partial charge on any atom is 0.535 e. The Kier molecular flexibility index (Phi) is 8.11. The zero-order chi connectivity index (χ0) is 27.6. The molecule has 0 aliphatic heterocycles. The minimum absolute atomic E-state index is 0.0469. The van der Waals surface area contributed by atoms with Gasteiger partial charge in [0.2, 0.25) is 0 Å². The number of ether oxygens (including phenoxy) is 3. The van der Waals surface area contributed by atoms with Gasteiger partial charge in [-0.1, -0.05) is 48.3 Å². The number of nitrogens with zero attached hydrogens (tertiary/aromatic N) is 1. The molecule has 7 nitrogen and oxygen atoms in total. The fourth-order valence-corrected chi connectivity index (χ4v) is 8.21.